The number of hydrogen-bond donors (Lipinski definition) is 2. The van der Waals surface area contributed by atoms with Crippen molar-refractivity contribution in [2.45, 2.75) is 12.6 Å². The van der Waals surface area contributed by atoms with Crippen molar-refractivity contribution in [2.24, 2.45) is 0 Å². The highest BCUT2D eigenvalue weighted by atomic mass is 16.5. The van der Waals surface area contributed by atoms with E-state index >= 15 is 0 Å². The molecule has 2 aromatic carbocycles. The number of benzene rings is 2. The first-order valence-electron chi connectivity index (χ1n) is 6.80. The molecule has 0 heterocycles. The largest absolute Gasteiger partial charge is 0.504 e. The molecule has 1 atom stereocenters. The van der Waals surface area contributed by atoms with Gasteiger partial charge in [-0.3, -0.25) is 5.32 Å². The smallest absolute Gasteiger partial charge is 0.160 e. The van der Waals surface area contributed by atoms with Crippen LogP contribution in [0.4, 0.5) is 0 Å². The van der Waals surface area contributed by atoms with E-state index in [4.69, 9.17) is 9.47 Å². The molecule has 0 saturated heterocycles. The zero-order valence-corrected chi connectivity index (χ0v) is 12.5. The van der Waals surface area contributed by atoms with Crippen molar-refractivity contribution in [1.29, 1.82) is 5.26 Å². The van der Waals surface area contributed by atoms with Crippen molar-refractivity contribution in [3.05, 3.63) is 53.6 Å². The third-order valence-electron chi connectivity index (χ3n) is 3.34. The van der Waals surface area contributed by atoms with E-state index in [1.807, 2.05) is 24.3 Å². The number of phenolic OH excluding ortho intramolecular Hbond substituents is 1. The topological polar surface area (TPSA) is 74.5 Å². The molecule has 0 amide bonds. The monoisotopic (exact) mass is 298 g/mol. The molecular weight excluding hydrogens is 280 g/mol. The lowest BCUT2D eigenvalue weighted by atomic mass is 10.1. The van der Waals surface area contributed by atoms with Crippen molar-refractivity contribution < 1.29 is 14.6 Å². The second kappa shape index (κ2) is 7.34. The Morgan fingerprint density at radius 2 is 1.86 bits per heavy atom. The summed E-state index contributed by atoms with van der Waals surface area (Å²) >= 11 is 0. The fourth-order valence-electron chi connectivity index (χ4n) is 2.08. The standard InChI is InChI=1S/C17H18N2O3/c1-21-14-6-3-12(4-7-14)11-19-15(10-18)13-5-8-16(20)17(9-13)22-2/h3-9,15,19-20H,11H2,1-2H3. The highest BCUT2D eigenvalue weighted by molar-refractivity contribution is 5.43. The predicted molar refractivity (Wildman–Crippen MR) is 82.8 cm³/mol. The van der Waals surface area contributed by atoms with Gasteiger partial charge < -0.3 is 14.6 Å². The minimum atomic E-state index is -0.489. The summed E-state index contributed by atoms with van der Waals surface area (Å²) in [5.74, 6) is 1.20. The molecule has 1 unspecified atom stereocenters. The van der Waals surface area contributed by atoms with Crippen molar-refractivity contribution in [2.75, 3.05) is 14.2 Å². The third kappa shape index (κ3) is 3.68. The van der Waals surface area contributed by atoms with Gasteiger partial charge in [0.2, 0.25) is 0 Å². The summed E-state index contributed by atoms with van der Waals surface area (Å²) in [4.78, 5) is 0. The predicted octanol–water partition coefficient (Wildman–Crippen LogP) is 2.76. The summed E-state index contributed by atoms with van der Waals surface area (Å²) in [7, 11) is 3.10. The number of nitrogens with one attached hydrogen (secondary N) is 1. The normalized spacial score (nSPS) is 11.5. The second-order valence-electron chi connectivity index (χ2n) is 4.72. The molecule has 0 aliphatic carbocycles. The van der Waals surface area contributed by atoms with Crippen LogP contribution in [0.2, 0.25) is 0 Å². The number of nitrogens with zero attached hydrogens (tertiary/aromatic N) is 1. The van der Waals surface area contributed by atoms with Gasteiger partial charge in [0, 0.05) is 6.54 Å². The van der Waals surface area contributed by atoms with Gasteiger partial charge >= 0.3 is 0 Å². The van der Waals surface area contributed by atoms with Gasteiger partial charge in [-0.1, -0.05) is 18.2 Å². The first-order valence-corrected chi connectivity index (χ1v) is 6.80. The van der Waals surface area contributed by atoms with Crippen LogP contribution < -0.4 is 14.8 Å². The first-order chi connectivity index (χ1) is 10.7. The maximum Gasteiger partial charge on any atom is 0.160 e. The number of aromatic hydroxyl groups is 1. The lowest BCUT2D eigenvalue weighted by Gasteiger charge is -2.14. The maximum absolute atomic E-state index is 9.61. The zero-order valence-electron chi connectivity index (χ0n) is 12.5. The molecule has 114 valence electrons. The maximum atomic E-state index is 9.61. The lowest BCUT2D eigenvalue weighted by Crippen LogP contribution is -2.19. The van der Waals surface area contributed by atoms with Crippen molar-refractivity contribution >= 4 is 0 Å². The average molecular weight is 298 g/mol. The molecule has 0 bridgehead atoms. The van der Waals surface area contributed by atoms with Gasteiger partial charge in [-0.05, 0) is 35.4 Å². The van der Waals surface area contributed by atoms with E-state index in [2.05, 4.69) is 11.4 Å². The summed E-state index contributed by atoms with van der Waals surface area (Å²) in [5.41, 5.74) is 1.79. The summed E-state index contributed by atoms with van der Waals surface area (Å²) in [6.07, 6.45) is 0. The Morgan fingerprint density at radius 1 is 1.14 bits per heavy atom. The summed E-state index contributed by atoms with van der Waals surface area (Å²) in [6.45, 7) is 0.547. The molecule has 0 aromatic heterocycles. The van der Waals surface area contributed by atoms with Gasteiger partial charge in [0.25, 0.3) is 0 Å². The van der Waals surface area contributed by atoms with Crippen molar-refractivity contribution in [3.63, 3.8) is 0 Å². The van der Waals surface area contributed by atoms with Crippen LogP contribution in [0, 0.1) is 11.3 Å². The van der Waals surface area contributed by atoms with Crippen molar-refractivity contribution in [1.82, 2.24) is 5.32 Å². The van der Waals surface area contributed by atoms with Gasteiger partial charge in [-0.2, -0.15) is 5.26 Å². The lowest BCUT2D eigenvalue weighted by molar-refractivity contribution is 0.372. The highest BCUT2D eigenvalue weighted by Gasteiger charge is 2.12. The Kier molecular flexibility index (Phi) is 5.23. The molecule has 0 saturated carbocycles. The van der Waals surface area contributed by atoms with Crippen molar-refractivity contribution in [3.8, 4) is 23.3 Å². The number of hydrogen-bond acceptors (Lipinski definition) is 5. The van der Waals surface area contributed by atoms with Gasteiger partial charge in [0.1, 0.15) is 11.8 Å². The second-order valence-corrected chi connectivity index (χ2v) is 4.72. The van der Waals surface area contributed by atoms with Crippen LogP contribution in [0.15, 0.2) is 42.5 Å². The van der Waals surface area contributed by atoms with Crippen LogP contribution in [0.25, 0.3) is 0 Å². The van der Waals surface area contributed by atoms with E-state index in [9.17, 15) is 10.4 Å². The molecule has 5 nitrogen and oxygen atoms in total. The minimum Gasteiger partial charge on any atom is -0.504 e. The molecular formula is C17H18N2O3. The fraction of sp³-hybridized carbons (Fsp3) is 0.235. The molecule has 0 spiro atoms. The summed E-state index contributed by atoms with van der Waals surface area (Å²) < 4.78 is 10.2. The van der Waals surface area contributed by atoms with E-state index in [0.717, 1.165) is 16.9 Å². The Labute approximate surface area is 129 Å². The number of methoxy groups -OCH3 is 2. The van der Waals surface area contributed by atoms with E-state index < -0.39 is 6.04 Å². The average Bonchev–Trinajstić information content (AvgIpc) is 2.57. The third-order valence-corrected chi connectivity index (χ3v) is 3.34. The van der Waals surface area contributed by atoms with Crippen LogP contribution in [-0.4, -0.2) is 19.3 Å². The fourth-order valence-corrected chi connectivity index (χ4v) is 2.08. The SMILES string of the molecule is COc1ccc(CNC(C#N)c2ccc(O)c(OC)c2)cc1. The van der Waals surface area contributed by atoms with E-state index in [0.29, 0.717) is 12.3 Å². The molecule has 5 heteroatoms. The van der Waals surface area contributed by atoms with Gasteiger partial charge in [-0.25, -0.2) is 0 Å². The first kappa shape index (κ1) is 15.7. The van der Waals surface area contributed by atoms with Gasteiger partial charge in [0.15, 0.2) is 11.5 Å². The molecule has 0 fully saturated rings. The Hall–Kier alpha value is -2.71. The number of nitriles is 1. The van der Waals surface area contributed by atoms with Gasteiger partial charge in [-0.15, -0.1) is 0 Å². The highest BCUT2D eigenvalue weighted by Crippen LogP contribution is 2.28. The van der Waals surface area contributed by atoms with Crippen LogP contribution in [0.5, 0.6) is 17.2 Å². The molecule has 2 rings (SSSR count). The minimum absolute atomic E-state index is 0.0538. The molecule has 2 N–H and O–H groups in total. The molecule has 0 aliphatic rings. The van der Waals surface area contributed by atoms with E-state index in [1.54, 1.807) is 19.2 Å². The van der Waals surface area contributed by atoms with Crippen LogP contribution in [0.3, 0.4) is 0 Å². The molecule has 22 heavy (non-hydrogen) atoms. The molecule has 0 aliphatic heterocycles. The van der Waals surface area contributed by atoms with Gasteiger partial charge in [0.05, 0.1) is 20.3 Å². The molecule has 2 aromatic rings. The number of phenols is 1. The van der Waals surface area contributed by atoms with Crippen LogP contribution in [0.1, 0.15) is 17.2 Å². The Bertz CT molecular complexity index is 663. The summed E-state index contributed by atoms with van der Waals surface area (Å²) in [5, 5.41) is 22.1. The number of ether oxygens (including phenoxy) is 2. The summed E-state index contributed by atoms with van der Waals surface area (Å²) in [6, 6.07) is 14.2. The quantitative estimate of drug-likeness (QED) is 0.857. The molecule has 0 radical (unpaired) electrons. The Balaban J connectivity index is 2.07. The number of rotatable bonds is 6. The zero-order chi connectivity index (χ0) is 15.9. The van der Waals surface area contributed by atoms with E-state index in [1.165, 1.54) is 13.2 Å². The van der Waals surface area contributed by atoms with E-state index in [-0.39, 0.29) is 5.75 Å². The Morgan fingerprint density at radius 3 is 2.45 bits per heavy atom. The van der Waals surface area contributed by atoms with Crippen LogP contribution in [-0.2, 0) is 6.54 Å². The van der Waals surface area contributed by atoms with Crippen LogP contribution >= 0.6 is 0 Å².